The highest BCUT2D eigenvalue weighted by Gasteiger charge is 2.08. The van der Waals surface area contributed by atoms with Crippen LogP contribution in [0.4, 0.5) is 0 Å². The Hall–Kier alpha value is -1.23. The molecule has 2 heterocycles. The van der Waals surface area contributed by atoms with Gasteiger partial charge in [0.15, 0.2) is 0 Å². The molecule has 2 rings (SSSR count). The van der Waals surface area contributed by atoms with E-state index < -0.39 is 8.81 Å². The van der Waals surface area contributed by atoms with Crippen molar-refractivity contribution in [1.82, 2.24) is 9.55 Å². The van der Waals surface area contributed by atoms with Gasteiger partial charge >= 0.3 is 5.69 Å². The van der Waals surface area contributed by atoms with Gasteiger partial charge in [0.2, 0.25) is 5.71 Å². The first-order valence-electron chi connectivity index (χ1n) is 6.76. The Labute approximate surface area is 118 Å². The maximum atomic E-state index is 11.8. The van der Waals surface area contributed by atoms with Crippen molar-refractivity contribution < 1.29 is 14.0 Å². The molecule has 0 aromatic carbocycles. The molecule has 1 atom stereocenters. The van der Waals surface area contributed by atoms with E-state index in [-0.39, 0.29) is 12.0 Å². The van der Waals surface area contributed by atoms with Crippen LogP contribution in [0.2, 0.25) is 0 Å². The number of aromatic nitrogens is 2. The fraction of sp³-hybridized carbons (Fsp3) is 0.538. The summed E-state index contributed by atoms with van der Waals surface area (Å²) < 4.78 is 12.2. The van der Waals surface area contributed by atoms with Crippen molar-refractivity contribution in [3.63, 3.8) is 0 Å². The molecule has 0 aliphatic rings. The molecule has 0 amide bonds. The predicted molar refractivity (Wildman–Crippen MR) is 77.4 cm³/mol. The molecule has 110 valence electrons. The number of hydrogen-bond donors (Lipinski definition) is 0. The Morgan fingerprint density at radius 2 is 2.40 bits per heavy atom. The van der Waals surface area contributed by atoms with Gasteiger partial charge in [-0.05, 0) is 21.3 Å². The highest BCUT2D eigenvalue weighted by atomic mass is 31.1. The van der Waals surface area contributed by atoms with Gasteiger partial charge in [0.1, 0.15) is 12.1 Å². The summed E-state index contributed by atoms with van der Waals surface area (Å²) in [5, 5.41) is 0.824. The molecular weight excluding hydrogens is 279 g/mol. The third kappa shape index (κ3) is 3.88. The van der Waals surface area contributed by atoms with Crippen LogP contribution in [0.5, 0.6) is 0 Å². The molecule has 0 spiro atoms. The third-order valence-corrected chi connectivity index (χ3v) is 3.34. The van der Waals surface area contributed by atoms with Gasteiger partial charge in [0.05, 0.1) is 18.5 Å². The number of nitrogens with zero attached hydrogens (tertiary/aromatic N) is 2. The molecule has 20 heavy (non-hydrogen) atoms. The van der Waals surface area contributed by atoms with Crippen molar-refractivity contribution in [2.45, 2.75) is 32.7 Å². The molecule has 2 aromatic heterocycles. The summed E-state index contributed by atoms with van der Waals surface area (Å²) in [7, 11) is -0.902. The van der Waals surface area contributed by atoms with Crippen LogP contribution in [0, 0.1) is 0 Å². The summed E-state index contributed by atoms with van der Waals surface area (Å²) >= 11 is 0. The summed E-state index contributed by atoms with van der Waals surface area (Å²) in [6, 6.07) is 1.93. The van der Waals surface area contributed by atoms with E-state index in [0.29, 0.717) is 18.9 Å². The van der Waals surface area contributed by atoms with E-state index in [9.17, 15) is 9.69 Å². The summed E-state index contributed by atoms with van der Waals surface area (Å²) in [6.07, 6.45) is 4.98. The van der Waals surface area contributed by atoms with Crippen LogP contribution in [0.15, 0.2) is 21.5 Å². The lowest BCUT2D eigenvalue weighted by Crippen LogP contribution is -2.24. The van der Waals surface area contributed by atoms with Gasteiger partial charge in [-0.1, -0.05) is 13.3 Å². The molecule has 0 fully saturated rings. The molecular formula is C13H19N2O4P. The molecule has 0 aliphatic heterocycles. The fourth-order valence-corrected chi connectivity index (χ4v) is 2.19. The van der Waals surface area contributed by atoms with E-state index in [4.69, 9.17) is 9.15 Å². The van der Waals surface area contributed by atoms with E-state index in [2.05, 4.69) is 11.9 Å². The normalized spacial score (nSPS) is 11.9. The first-order valence-corrected chi connectivity index (χ1v) is 8.04. The van der Waals surface area contributed by atoms with Gasteiger partial charge in [0, 0.05) is 12.6 Å². The van der Waals surface area contributed by atoms with Crippen LogP contribution in [0.25, 0.3) is 11.1 Å². The highest BCUT2D eigenvalue weighted by Crippen LogP contribution is 2.17. The Bertz CT molecular complexity index is 608. The topological polar surface area (TPSA) is 80.3 Å². The molecule has 0 saturated heterocycles. The summed E-state index contributed by atoms with van der Waals surface area (Å²) in [5.41, 5.74) is 0.0363. The second kappa shape index (κ2) is 7.53. The van der Waals surface area contributed by atoms with Crippen LogP contribution < -0.4 is 10.6 Å². The molecule has 0 bridgehead atoms. The smallest absolute Gasteiger partial charge is 0.350 e. The largest absolute Gasteiger partial charge is 0.681 e. The highest BCUT2D eigenvalue weighted by molar-refractivity contribution is 7.29. The maximum absolute atomic E-state index is 11.8. The van der Waals surface area contributed by atoms with Crippen molar-refractivity contribution in [2.24, 2.45) is 0 Å². The van der Waals surface area contributed by atoms with E-state index >= 15 is 0 Å². The van der Waals surface area contributed by atoms with Crippen molar-refractivity contribution in [3.8, 4) is 0 Å². The van der Waals surface area contributed by atoms with Crippen LogP contribution >= 0.6 is 8.81 Å². The molecule has 1 unspecified atom stereocenters. The second-order valence-electron chi connectivity index (χ2n) is 4.54. The summed E-state index contributed by atoms with van der Waals surface area (Å²) in [6.45, 7) is 2.87. The number of unbranched alkanes of at least 4 members (excludes halogenated alkanes) is 1. The standard InChI is InChI=1S/C13H19N2O4P/c1-2-3-4-11-7-10-8-15(5-6-18-9-20-17)13(16)14-12(10)19-11/h7-8H,2-6,9,20H2,1H3. The minimum atomic E-state index is -0.902. The third-order valence-electron chi connectivity index (χ3n) is 2.97. The molecule has 2 aromatic rings. The minimum absolute atomic E-state index is 0.247. The van der Waals surface area contributed by atoms with E-state index in [0.717, 1.165) is 30.4 Å². The molecule has 0 aliphatic carbocycles. The fourth-order valence-electron chi connectivity index (χ4n) is 1.93. The lowest BCUT2D eigenvalue weighted by atomic mass is 10.2. The van der Waals surface area contributed by atoms with Crippen molar-refractivity contribution >= 4 is 19.9 Å². The quantitative estimate of drug-likeness (QED) is 0.536. The van der Waals surface area contributed by atoms with Gasteiger partial charge < -0.3 is 14.0 Å². The molecule has 0 N–H and O–H groups in total. The Kier molecular flexibility index (Phi) is 5.71. The monoisotopic (exact) mass is 298 g/mol. The number of hydrogen-bond acceptors (Lipinski definition) is 5. The predicted octanol–water partition coefficient (Wildman–Crippen LogP) is 0.992. The molecule has 7 heteroatoms. The average molecular weight is 298 g/mol. The van der Waals surface area contributed by atoms with Crippen molar-refractivity contribution in [2.75, 3.05) is 13.0 Å². The molecule has 6 nitrogen and oxygen atoms in total. The second-order valence-corrected chi connectivity index (χ2v) is 5.20. The lowest BCUT2D eigenvalue weighted by molar-refractivity contribution is -0.154. The first kappa shape index (κ1) is 15.2. The van der Waals surface area contributed by atoms with Crippen LogP contribution in [-0.2, 0) is 17.7 Å². The van der Waals surface area contributed by atoms with Gasteiger partial charge in [-0.25, -0.2) is 4.79 Å². The van der Waals surface area contributed by atoms with Crippen LogP contribution in [-0.4, -0.2) is 22.5 Å². The van der Waals surface area contributed by atoms with Gasteiger partial charge in [-0.15, -0.1) is 0 Å². The minimum Gasteiger partial charge on any atom is -0.681 e. The average Bonchev–Trinajstić information content (AvgIpc) is 2.83. The van der Waals surface area contributed by atoms with E-state index in [1.54, 1.807) is 6.20 Å². The van der Waals surface area contributed by atoms with E-state index in [1.807, 2.05) is 6.07 Å². The SMILES string of the molecule is CCCCc1cc2cn(CCOC[PH2+][O-])c(=O)nc2o1. The number of furan rings is 1. The van der Waals surface area contributed by atoms with E-state index in [1.165, 1.54) is 4.57 Å². The lowest BCUT2D eigenvalue weighted by Gasteiger charge is -2.04. The Morgan fingerprint density at radius 3 is 3.15 bits per heavy atom. The first-order chi connectivity index (χ1) is 9.74. The molecule has 0 radical (unpaired) electrons. The zero-order valence-corrected chi connectivity index (χ0v) is 12.7. The zero-order chi connectivity index (χ0) is 14.4. The van der Waals surface area contributed by atoms with Crippen LogP contribution in [0.3, 0.4) is 0 Å². The number of fused-ring (bicyclic) bond motifs is 1. The zero-order valence-electron chi connectivity index (χ0n) is 11.5. The van der Waals surface area contributed by atoms with Gasteiger partial charge in [-0.3, -0.25) is 4.57 Å². The number of ether oxygens (including phenoxy) is 1. The van der Waals surface area contributed by atoms with Crippen molar-refractivity contribution in [3.05, 3.63) is 28.5 Å². The van der Waals surface area contributed by atoms with Crippen molar-refractivity contribution in [1.29, 1.82) is 0 Å². The summed E-state index contributed by atoms with van der Waals surface area (Å²) in [5.74, 6) is 0.859. The molecule has 0 saturated carbocycles. The van der Waals surface area contributed by atoms with Gasteiger partial charge in [0.25, 0.3) is 0 Å². The summed E-state index contributed by atoms with van der Waals surface area (Å²) in [4.78, 5) is 26.1. The maximum Gasteiger partial charge on any atom is 0.350 e. The van der Waals surface area contributed by atoms with Gasteiger partial charge in [-0.2, -0.15) is 4.98 Å². The number of rotatable bonds is 8. The number of aryl methyl sites for hydroxylation is 1. The Balaban J connectivity index is 2.11. The van der Waals surface area contributed by atoms with Crippen LogP contribution in [0.1, 0.15) is 25.5 Å². The Morgan fingerprint density at radius 1 is 1.55 bits per heavy atom.